The quantitative estimate of drug-likeness (QED) is 0.406. The molecule has 2 saturated heterocycles. The van der Waals surface area contributed by atoms with Crippen molar-refractivity contribution in [1.29, 1.82) is 0 Å². The molecule has 2 aliphatic heterocycles. The number of aryl methyl sites for hydroxylation is 1. The molecule has 0 N–H and O–H groups in total. The van der Waals surface area contributed by atoms with E-state index in [1.807, 2.05) is 56.3 Å². The molecule has 2 aliphatic rings. The minimum absolute atomic E-state index is 0.174. The van der Waals surface area contributed by atoms with E-state index in [2.05, 4.69) is 4.90 Å². The first-order valence-electron chi connectivity index (χ1n) is 11.0. The lowest BCUT2D eigenvalue weighted by atomic mass is 10.1. The van der Waals surface area contributed by atoms with Crippen molar-refractivity contribution in [1.82, 2.24) is 14.3 Å². The highest BCUT2D eigenvalue weighted by atomic mass is 32.2. The zero-order valence-corrected chi connectivity index (χ0v) is 20.2. The summed E-state index contributed by atoms with van der Waals surface area (Å²) in [5.74, 6) is 0.463. The predicted molar refractivity (Wildman–Crippen MR) is 138 cm³/mol. The van der Waals surface area contributed by atoms with Crippen molar-refractivity contribution in [3.8, 4) is 0 Å². The van der Waals surface area contributed by atoms with Crippen LogP contribution >= 0.6 is 24.0 Å². The molecule has 0 bridgehead atoms. The summed E-state index contributed by atoms with van der Waals surface area (Å²) in [7, 11) is 0. The van der Waals surface area contributed by atoms with Gasteiger partial charge in [-0.2, -0.15) is 0 Å². The summed E-state index contributed by atoms with van der Waals surface area (Å²) in [6, 6.07) is 13.4. The number of thioether (sulfide) groups is 1. The summed E-state index contributed by atoms with van der Waals surface area (Å²) in [4.78, 5) is 36.0. The number of nitrogens with zero attached hydrogens (tertiary/aromatic N) is 4. The van der Waals surface area contributed by atoms with Crippen LogP contribution in [0.1, 0.15) is 42.5 Å². The second-order valence-corrected chi connectivity index (χ2v) is 10.1. The molecule has 33 heavy (non-hydrogen) atoms. The van der Waals surface area contributed by atoms with Gasteiger partial charge in [-0.05, 0) is 50.0 Å². The Bertz CT molecular complexity index is 1340. The van der Waals surface area contributed by atoms with Crippen molar-refractivity contribution in [2.24, 2.45) is 0 Å². The molecule has 0 radical (unpaired) electrons. The van der Waals surface area contributed by atoms with Crippen LogP contribution in [0.2, 0.25) is 0 Å². The highest BCUT2D eigenvalue weighted by Gasteiger charge is 2.36. The maximum absolute atomic E-state index is 13.6. The normalized spacial score (nSPS) is 18.7. The van der Waals surface area contributed by atoms with Crippen LogP contribution in [0.5, 0.6) is 0 Å². The van der Waals surface area contributed by atoms with Crippen LogP contribution in [0.25, 0.3) is 11.7 Å². The molecule has 8 heteroatoms. The fourth-order valence-corrected chi connectivity index (χ4v) is 5.77. The zero-order chi connectivity index (χ0) is 23.1. The number of anilines is 1. The van der Waals surface area contributed by atoms with Crippen LogP contribution in [-0.2, 0) is 4.79 Å². The van der Waals surface area contributed by atoms with Gasteiger partial charge in [-0.15, -0.1) is 0 Å². The van der Waals surface area contributed by atoms with Gasteiger partial charge in [0.15, 0.2) is 0 Å². The Labute approximate surface area is 201 Å². The smallest absolute Gasteiger partial charge is 0.267 e. The number of rotatable bonds is 4. The van der Waals surface area contributed by atoms with E-state index in [-0.39, 0.29) is 17.5 Å². The van der Waals surface area contributed by atoms with Crippen LogP contribution in [0, 0.1) is 6.92 Å². The zero-order valence-electron chi connectivity index (χ0n) is 18.5. The molecule has 168 valence electrons. The molecule has 3 aromatic rings. The van der Waals surface area contributed by atoms with E-state index in [0.717, 1.165) is 37.1 Å². The summed E-state index contributed by atoms with van der Waals surface area (Å²) in [6.07, 6.45) is 5.60. The van der Waals surface area contributed by atoms with Crippen molar-refractivity contribution in [3.05, 3.63) is 80.6 Å². The highest BCUT2D eigenvalue weighted by molar-refractivity contribution is 8.26. The lowest BCUT2D eigenvalue weighted by Gasteiger charge is -2.23. The molecule has 1 aromatic carbocycles. The monoisotopic (exact) mass is 476 g/mol. The molecule has 2 aromatic heterocycles. The topological polar surface area (TPSA) is 57.9 Å². The first-order chi connectivity index (χ1) is 15.9. The number of fused-ring (bicyclic) bond motifs is 1. The van der Waals surface area contributed by atoms with Gasteiger partial charge in [0.05, 0.1) is 16.5 Å². The predicted octanol–water partition coefficient (Wildman–Crippen LogP) is 4.57. The second kappa shape index (κ2) is 8.76. The number of hydrogen-bond donors (Lipinski definition) is 0. The molecule has 0 aliphatic carbocycles. The van der Waals surface area contributed by atoms with Gasteiger partial charge in [-0.3, -0.25) is 18.9 Å². The van der Waals surface area contributed by atoms with Crippen molar-refractivity contribution < 1.29 is 4.79 Å². The molecule has 6 nitrogen and oxygen atoms in total. The largest absolute Gasteiger partial charge is 0.356 e. The number of hydrogen-bond acceptors (Lipinski definition) is 6. The molecule has 1 atom stereocenters. The van der Waals surface area contributed by atoms with E-state index >= 15 is 0 Å². The average molecular weight is 477 g/mol. The summed E-state index contributed by atoms with van der Waals surface area (Å²) < 4.78 is 2.06. The second-order valence-electron chi connectivity index (χ2n) is 8.42. The molecule has 1 unspecified atom stereocenters. The van der Waals surface area contributed by atoms with Gasteiger partial charge in [0, 0.05) is 19.3 Å². The Morgan fingerprint density at radius 1 is 1.09 bits per heavy atom. The molecular weight excluding hydrogens is 452 g/mol. The fourth-order valence-electron chi connectivity index (χ4n) is 4.37. The third kappa shape index (κ3) is 3.98. The first kappa shape index (κ1) is 21.9. The molecule has 2 fully saturated rings. The molecule has 4 heterocycles. The maximum Gasteiger partial charge on any atom is 0.267 e. The minimum atomic E-state index is -0.193. The maximum atomic E-state index is 13.6. The SMILES string of the molecule is Cc1ccc2nc(N3CCCC3)c(/C=C3/SC(=S)N(C(C)c4ccccc4)C3=O)c(=O)n2c1. The Balaban J connectivity index is 1.60. The third-order valence-corrected chi connectivity index (χ3v) is 7.49. The van der Waals surface area contributed by atoms with Gasteiger partial charge in [0.1, 0.15) is 15.8 Å². The van der Waals surface area contributed by atoms with Gasteiger partial charge in [-0.25, -0.2) is 4.98 Å². The summed E-state index contributed by atoms with van der Waals surface area (Å²) in [5, 5.41) is 0. The number of aromatic nitrogens is 2. The van der Waals surface area contributed by atoms with Crippen LogP contribution in [0.4, 0.5) is 5.82 Å². The summed E-state index contributed by atoms with van der Waals surface area (Å²) in [5.41, 5.74) is 2.85. The molecular formula is C25H24N4O2S2. The van der Waals surface area contributed by atoms with E-state index in [0.29, 0.717) is 26.3 Å². The standard InChI is InChI=1S/C25H24N4O2S2/c1-16-10-11-21-26-22(27-12-6-7-13-27)19(23(30)28(21)15-16)14-20-24(31)29(25(32)33-20)17(2)18-8-4-3-5-9-18/h3-5,8-11,14-15,17H,6-7,12-13H2,1-2H3/b20-14+. The van der Waals surface area contributed by atoms with Gasteiger partial charge in [0.25, 0.3) is 11.5 Å². The Hall–Kier alpha value is -2.97. The third-order valence-electron chi connectivity index (χ3n) is 6.16. The van der Waals surface area contributed by atoms with E-state index in [4.69, 9.17) is 17.2 Å². The molecule has 0 spiro atoms. The van der Waals surface area contributed by atoms with Crippen molar-refractivity contribution in [2.45, 2.75) is 32.7 Å². The average Bonchev–Trinajstić information content (AvgIpc) is 3.44. The fraction of sp³-hybridized carbons (Fsp3) is 0.280. The number of amides is 1. The first-order valence-corrected chi connectivity index (χ1v) is 12.3. The summed E-state index contributed by atoms with van der Waals surface area (Å²) in [6.45, 7) is 5.60. The van der Waals surface area contributed by atoms with E-state index in [9.17, 15) is 9.59 Å². The Morgan fingerprint density at radius 3 is 2.55 bits per heavy atom. The van der Waals surface area contributed by atoms with Crippen LogP contribution < -0.4 is 10.5 Å². The Kier molecular flexibility index (Phi) is 5.80. The van der Waals surface area contributed by atoms with Crippen molar-refractivity contribution in [3.63, 3.8) is 0 Å². The molecule has 0 saturated carbocycles. The van der Waals surface area contributed by atoms with Gasteiger partial charge >= 0.3 is 0 Å². The lowest BCUT2D eigenvalue weighted by Crippen LogP contribution is -2.31. The number of thiocarbonyl (C=S) groups is 1. The van der Waals surface area contributed by atoms with Crippen molar-refractivity contribution >= 4 is 51.7 Å². The molecule has 1 amide bonds. The number of pyridine rings is 1. The molecule has 5 rings (SSSR count). The highest BCUT2D eigenvalue weighted by Crippen LogP contribution is 2.38. The lowest BCUT2D eigenvalue weighted by molar-refractivity contribution is -0.123. The van der Waals surface area contributed by atoms with Gasteiger partial charge in [-0.1, -0.05) is 60.4 Å². The van der Waals surface area contributed by atoms with Crippen LogP contribution in [0.3, 0.4) is 0 Å². The van der Waals surface area contributed by atoms with Gasteiger partial charge in [0.2, 0.25) is 0 Å². The Morgan fingerprint density at radius 2 is 1.82 bits per heavy atom. The summed E-state index contributed by atoms with van der Waals surface area (Å²) >= 11 is 6.81. The minimum Gasteiger partial charge on any atom is -0.356 e. The number of carbonyl (C=O) groups is 1. The van der Waals surface area contributed by atoms with E-state index in [1.165, 1.54) is 11.8 Å². The van der Waals surface area contributed by atoms with E-state index in [1.54, 1.807) is 21.6 Å². The van der Waals surface area contributed by atoms with Crippen molar-refractivity contribution in [2.75, 3.05) is 18.0 Å². The van der Waals surface area contributed by atoms with Gasteiger partial charge < -0.3 is 4.90 Å². The van der Waals surface area contributed by atoms with Crippen LogP contribution in [-0.4, -0.2) is 37.6 Å². The number of carbonyl (C=O) groups excluding carboxylic acids is 1. The van der Waals surface area contributed by atoms with E-state index < -0.39 is 0 Å². The van der Waals surface area contributed by atoms with Crippen LogP contribution in [0.15, 0.2) is 58.4 Å². The number of benzene rings is 1.